The van der Waals surface area contributed by atoms with Crippen LogP contribution in [0.25, 0.3) is 11.3 Å². The number of aromatic amines is 1. The summed E-state index contributed by atoms with van der Waals surface area (Å²) in [5.74, 6) is 0.466. The molecule has 7 nitrogen and oxygen atoms in total. The molecule has 118 valence electrons. The van der Waals surface area contributed by atoms with Crippen LogP contribution in [-0.4, -0.2) is 33.3 Å². The first kappa shape index (κ1) is 14.1. The highest BCUT2D eigenvalue weighted by Crippen LogP contribution is 2.21. The maximum Gasteiger partial charge on any atom is 0.291 e. The average Bonchev–Trinajstić information content (AvgIpc) is 3.36. The van der Waals surface area contributed by atoms with Gasteiger partial charge < -0.3 is 9.73 Å². The maximum atomic E-state index is 12.4. The summed E-state index contributed by atoms with van der Waals surface area (Å²) in [7, 11) is 0. The van der Waals surface area contributed by atoms with Crippen LogP contribution in [0.4, 0.5) is 0 Å². The monoisotopic (exact) mass is 319 g/mol. The lowest BCUT2D eigenvalue weighted by Gasteiger charge is -2.07. The van der Waals surface area contributed by atoms with E-state index in [9.17, 15) is 4.79 Å². The molecule has 0 unspecified atom stereocenters. The van der Waals surface area contributed by atoms with Crippen LogP contribution in [-0.2, 0) is 0 Å². The third kappa shape index (κ3) is 2.63. The van der Waals surface area contributed by atoms with Gasteiger partial charge in [0.15, 0.2) is 5.76 Å². The fourth-order valence-electron chi connectivity index (χ4n) is 2.43. The smallest absolute Gasteiger partial charge is 0.291 e. The number of nitrogens with one attached hydrogen (secondary N) is 2. The van der Waals surface area contributed by atoms with Gasteiger partial charge >= 0.3 is 0 Å². The average molecular weight is 319 g/mol. The molecule has 3 aromatic rings. The summed E-state index contributed by atoms with van der Waals surface area (Å²) < 4.78 is 5.59. The second kappa shape index (κ2) is 5.96. The largest absolute Gasteiger partial charge is 0.451 e. The molecule has 1 amide bonds. The Labute approximate surface area is 137 Å². The number of H-pyrrole nitrogens is 1. The number of nitrogens with zero attached hydrogens (tertiary/aromatic N) is 3. The Balaban J connectivity index is 1.51. The zero-order valence-electron chi connectivity index (χ0n) is 12.6. The minimum Gasteiger partial charge on any atom is -0.451 e. The van der Waals surface area contributed by atoms with Gasteiger partial charge in [0.05, 0.1) is 29.7 Å². The van der Waals surface area contributed by atoms with E-state index in [2.05, 4.69) is 25.5 Å². The second-order valence-corrected chi connectivity index (χ2v) is 5.13. The molecule has 0 bridgehead atoms. The highest BCUT2D eigenvalue weighted by Gasteiger charge is 2.20. The number of aliphatic imine (C=N–C) groups is 1. The summed E-state index contributed by atoms with van der Waals surface area (Å²) in [6.07, 6.45) is 6.87. The standard InChI is InChI=1S/C17H13N5O2/c23-17(15-5-4-14(24-15)11-9-20-21-10-11)22-13-6-8-19-16(13)12-3-1-2-7-18-12/h1-7,9-10H,8H2,(H,20,21)(H,22,23). The van der Waals surface area contributed by atoms with Crippen molar-refractivity contribution in [1.29, 1.82) is 0 Å². The van der Waals surface area contributed by atoms with Crippen LogP contribution in [0.1, 0.15) is 16.2 Å². The molecule has 4 heterocycles. The van der Waals surface area contributed by atoms with Crippen LogP contribution in [0.2, 0.25) is 0 Å². The molecule has 3 aromatic heterocycles. The number of rotatable bonds is 4. The van der Waals surface area contributed by atoms with Gasteiger partial charge in [-0.3, -0.25) is 19.9 Å². The SMILES string of the molecule is O=C(NC1=CCN=C1c1ccccn1)c1ccc(-c2cn[nH]c2)o1. The lowest BCUT2D eigenvalue weighted by Crippen LogP contribution is -2.26. The second-order valence-electron chi connectivity index (χ2n) is 5.13. The normalized spacial score (nSPS) is 13.5. The van der Waals surface area contributed by atoms with Crippen molar-refractivity contribution in [3.05, 3.63) is 72.1 Å². The molecule has 1 aliphatic heterocycles. The van der Waals surface area contributed by atoms with Crippen LogP contribution in [0.3, 0.4) is 0 Å². The number of allylic oxidation sites excluding steroid dienone is 1. The Bertz CT molecular complexity index is 923. The number of carbonyl (C=O) groups is 1. The van der Waals surface area contributed by atoms with Crippen molar-refractivity contribution in [3.63, 3.8) is 0 Å². The van der Waals surface area contributed by atoms with Gasteiger partial charge in [-0.05, 0) is 30.3 Å². The van der Waals surface area contributed by atoms with E-state index in [1.54, 1.807) is 30.7 Å². The van der Waals surface area contributed by atoms with E-state index in [0.717, 1.165) is 11.3 Å². The molecule has 0 fully saturated rings. The van der Waals surface area contributed by atoms with Crippen LogP contribution in [0, 0.1) is 0 Å². The number of aromatic nitrogens is 3. The molecule has 0 aliphatic carbocycles. The van der Waals surface area contributed by atoms with Crippen molar-refractivity contribution >= 4 is 11.6 Å². The van der Waals surface area contributed by atoms with Crippen molar-refractivity contribution in [1.82, 2.24) is 20.5 Å². The van der Waals surface area contributed by atoms with Gasteiger partial charge in [-0.2, -0.15) is 5.10 Å². The summed E-state index contributed by atoms with van der Waals surface area (Å²) in [6, 6.07) is 8.93. The van der Waals surface area contributed by atoms with Crippen molar-refractivity contribution in [2.75, 3.05) is 6.54 Å². The van der Waals surface area contributed by atoms with E-state index in [-0.39, 0.29) is 11.7 Å². The van der Waals surface area contributed by atoms with Crippen LogP contribution >= 0.6 is 0 Å². The molecule has 4 rings (SSSR count). The minimum absolute atomic E-state index is 0.222. The molecule has 0 atom stereocenters. The van der Waals surface area contributed by atoms with Crippen LogP contribution < -0.4 is 5.32 Å². The topological polar surface area (TPSA) is 96.2 Å². The molecule has 24 heavy (non-hydrogen) atoms. The molecule has 0 saturated carbocycles. The van der Waals surface area contributed by atoms with E-state index in [4.69, 9.17) is 4.42 Å². The predicted octanol–water partition coefficient (Wildman–Crippen LogP) is 2.18. The first-order valence-electron chi connectivity index (χ1n) is 7.38. The summed E-state index contributed by atoms with van der Waals surface area (Å²) in [6.45, 7) is 0.514. The zero-order valence-corrected chi connectivity index (χ0v) is 12.6. The lowest BCUT2D eigenvalue weighted by atomic mass is 10.2. The third-order valence-corrected chi connectivity index (χ3v) is 3.57. The van der Waals surface area contributed by atoms with Crippen molar-refractivity contribution in [3.8, 4) is 11.3 Å². The quantitative estimate of drug-likeness (QED) is 0.770. The van der Waals surface area contributed by atoms with Gasteiger partial charge in [0.1, 0.15) is 11.5 Å². The number of furan rings is 1. The minimum atomic E-state index is -0.332. The molecule has 1 aliphatic rings. The van der Waals surface area contributed by atoms with Crippen molar-refractivity contribution in [2.45, 2.75) is 0 Å². The van der Waals surface area contributed by atoms with Crippen molar-refractivity contribution in [2.24, 2.45) is 4.99 Å². The molecule has 0 saturated heterocycles. The Morgan fingerprint density at radius 1 is 1.25 bits per heavy atom. The molecular weight excluding hydrogens is 306 g/mol. The predicted molar refractivity (Wildman–Crippen MR) is 87.5 cm³/mol. The fourth-order valence-corrected chi connectivity index (χ4v) is 2.43. The van der Waals surface area contributed by atoms with Gasteiger partial charge in [-0.1, -0.05) is 6.07 Å². The number of amides is 1. The van der Waals surface area contributed by atoms with Crippen LogP contribution in [0.5, 0.6) is 0 Å². The van der Waals surface area contributed by atoms with E-state index >= 15 is 0 Å². The summed E-state index contributed by atoms with van der Waals surface area (Å²) in [5, 5.41) is 9.41. The maximum absolute atomic E-state index is 12.4. The summed E-state index contributed by atoms with van der Waals surface area (Å²) >= 11 is 0. The number of hydrogen-bond donors (Lipinski definition) is 2. The van der Waals surface area contributed by atoms with Crippen LogP contribution in [0.15, 0.2) is 70.1 Å². The molecule has 0 aromatic carbocycles. The van der Waals surface area contributed by atoms with Crippen molar-refractivity contribution < 1.29 is 9.21 Å². The zero-order chi connectivity index (χ0) is 16.4. The van der Waals surface area contributed by atoms with E-state index in [1.165, 1.54) is 0 Å². The molecule has 7 heteroatoms. The summed E-state index contributed by atoms with van der Waals surface area (Å²) in [4.78, 5) is 21.1. The molecule has 0 spiro atoms. The van der Waals surface area contributed by atoms with Gasteiger partial charge in [-0.15, -0.1) is 0 Å². The Kier molecular flexibility index (Phi) is 3.51. The van der Waals surface area contributed by atoms with Gasteiger partial charge in [0, 0.05) is 12.4 Å². The Hall–Kier alpha value is -3.48. The number of pyridine rings is 1. The Morgan fingerprint density at radius 2 is 2.21 bits per heavy atom. The van der Waals surface area contributed by atoms with Gasteiger partial charge in [0.2, 0.25) is 0 Å². The van der Waals surface area contributed by atoms with Gasteiger partial charge in [0.25, 0.3) is 5.91 Å². The first-order chi connectivity index (χ1) is 11.8. The number of carbonyl (C=O) groups excluding carboxylic acids is 1. The highest BCUT2D eigenvalue weighted by atomic mass is 16.3. The van der Waals surface area contributed by atoms with E-state index < -0.39 is 0 Å². The first-order valence-corrected chi connectivity index (χ1v) is 7.38. The number of hydrogen-bond acceptors (Lipinski definition) is 5. The molecule has 2 N–H and O–H groups in total. The summed E-state index contributed by atoms with van der Waals surface area (Å²) in [5.41, 5.74) is 2.82. The van der Waals surface area contributed by atoms with E-state index in [0.29, 0.717) is 23.7 Å². The van der Waals surface area contributed by atoms with Gasteiger partial charge in [-0.25, -0.2) is 0 Å². The third-order valence-electron chi connectivity index (χ3n) is 3.57. The fraction of sp³-hybridized carbons (Fsp3) is 0.0588. The lowest BCUT2D eigenvalue weighted by molar-refractivity contribution is 0.0941. The van der Waals surface area contributed by atoms with E-state index in [1.807, 2.05) is 24.3 Å². The molecular formula is C17H13N5O2. The highest BCUT2D eigenvalue weighted by molar-refractivity contribution is 6.14. The molecule has 0 radical (unpaired) electrons. The Morgan fingerprint density at radius 3 is 3.00 bits per heavy atom.